The fourth-order valence-corrected chi connectivity index (χ4v) is 4.20. The Labute approximate surface area is 133 Å². The van der Waals surface area contributed by atoms with Gasteiger partial charge in [0.15, 0.2) is 0 Å². The van der Waals surface area contributed by atoms with Gasteiger partial charge in [-0.3, -0.25) is 4.79 Å². The molecule has 23 heavy (non-hydrogen) atoms. The highest BCUT2D eigenvalue weighted by Gasteiger charge is 2.72. The molecule has 1 saturated heterocycles. The molecule has 3 aliphatic carbocycles. The zero-order valence-corrected chi connectivity index (χ0v) is 12.9. The van der Waals surface area contributed by atoms with Crippen LogP contribution in [0.15, 0.2) is 0 Å². The fraction of sp³-hybridized carbons (Fsp3) is 0.786. The summed E-state index contributed by atoms with van der Waals surface area (Å²) in [4.78, 5) is 36.6. The van der Waals surface area contributed by atoms with Crippen LogP contribution < -0.4 is 5.32 Å². The first-order chi connectivity index (χ1) is 10.8. The van der Waals surface area contributed by atoms with Gasteiger partial charge < -0.3 is 30.1 Å². The van der Waals surface area contributed by atoms with Gasteiger partial charge in [0.05, 0.1) is 18.6 Å². The number of carboxylic acid groups (broad SMARTS) is 2. The molecule has 4 rings (SSSR count). The molecule has 128 valence electrons. The SMILES string of the molecule is COC(=O)C12CC(NC[C@@H]3CN(C(=O)O)CCN3C(=O)O)(C1)C2. The van der Waals surface area contributed by atoms with Crippen molar-refractivity contribution in [2.75, 3.05) is 33.3 Å². The van der Waals surface area contributed by atoms with Crippen LogP contribution >= 0.6 is 0 Å². The molecule has 2 amide bonds. The highest BCUT2D eigenvalue weighted by molar-refractivity contribution is 5.82. The third kappa shape index (κ3) is 2.48. The zero-order chi connectivity index (χ0) is 16.8. The van der Waals surface area contributed by atoms with Crippen LogP contribution in [0.25, 0.3) is 0 Å². The van der Waals surface area contributed by atoms with Crippen molar-refractivity contribution in [1.29, 1.82) is 0 Å². The van der Waals surface area contributed by atoms with E-state index in [9.17, 15) is 19.5 Å². The Hall–Kier alpha value is -2.03. The molecular formula is C14H21N3O6. The van der Waals surface area contributed by atoms with Crippen LogP contribution in [-0.2, 0) is 9.53 Å². The van der Waals surface area contributed by atoms with E-state index < -0.39 is 18.2 Å². The standard InChI is InChI=1S/C14H21N3O6/c1-23-10(18)13-6-14(7-13,8-13)15-4-9-5-16(11(19)20)2-3-17(9)12(21)22/h9,15H,2-8H2,1H3,(H,19,20)(H,21,22)/t9-,13?,14?/m1/s1. The summed E-state index contributed by atoms with van der Waals surface area (Å²) in [5, 5.41) is 21.7. The number of carbonyl (C=O) groups is 3. The third-order valence-electron chi connectivity index (χ3n) is 5.36. The predicted molar refractivity (Wildman–Crippen MR) is 77.2 cm³/mol. The summed E-state index contributed by atoms with van der Waals surface area (Å²) in [5.74, 6) is -0.178. The van der Waals surface area contributed by atoms with E-state index in [1.54, 1.807) is 0 Å². The molecule has 0 aromatic carbocycles. The Morgan fingerprint density at radius 1 is 1.17 bits per heavy atom. The predicted octanol–water partition coefficient (Wildman–Crippen LogP) is 0.0139. The molecular weight excluding hydrogens is 306 g/mol. The van der Waals surface area contributed by atoms with Gasteiger partial charge in [-0.15, -0.1) is 0 Å². The molecule has 0 unspecified atom stereocenters. The van der Waals surface area contributed by atoms with Gasteiger partial charge in [0.2, 0.25) is 0 Å². The van der Waals surface area contributed by atoms with Crippen LogP contribution in [0, 0.1) is 5.41 Å². The van der Waals surface area contributed by atoms with Crippen molar-refractivity contribution in [1.82, 2.24) is 15.1 Å². The summed E-state index contributed by atoms with van der Waals surface area (Å²) < 4.78 is 4.80. The number of piperazine rings is 1. The maximum Gasteiger partial charge on any atom is 0.407 e. The number of methoxy groups -OCH3 is 1. The second kappa shape index (κ2) is 5.26. The Morgan fingerprint density at radius 3 is 2.35 bits per heavy atom. The Balaban J connectivity index is 1.55. The number of nitrogens with zero attached hydrogens (tertiary/aromatic N) is 2. The van der Waals surface area contributed by atoms with Crippen molar-refractivity contribution >= 4 is 18.2 Å². The molecule has 1 atom stereocenters. The minimum Gasteiger partial charge on any atom is -0.469 e. The molecule has 0 radical (unpaired) electrons. The topological polar surface area (TPSA) is 119 Å². The van der Waals surface area contributed by atoms with Gasteiger partial charge >= 0.3 is 18.2 Å². The second-order valence-corrected chi connectivity index (χ2v) is 6.82. The number of rotatable bonds is 4. The summed E-state index contributed by atoms with van der Waals surface area (Å²) in [6.07, 6.45) is 0.0416. The summed E-state index contributed by atoms with van der Waals surface area (Å²) in [5.41, 5.74) is -0.474. The van der Waals surface area contributed by atoms with E-state index >= 15 is 0 Å². The van der Waals surface area contributed by atoms with Gasteiger partial charge in [-0.25, -0.2) is 9.59 Å². The van der Waals surface area contributed by atoms with Gasteiger partial charge in [0.1, 0.15) is 0 Å². The van der Waals surface area contributed by atoms with E-state index in [0.29, 0.717) is 25.8 Å². The van der Waals surface area contributed by atoms with Crippen molar-refractivity contribution in [3.05, 3.63) is 0 Å². The van der Waals surface area contributed by atoms with E-state index in [1.165, 1.54) is 16.9 Å². The van der Waals surface area contributed by atoms with Crippen LogP contribution in [0.3, 0.4) is 0 Å². The number of amides is 2. The molecule has 4 aliphatic rings. The smallest absolute Gasteiger partial charge is 0.407 e. The molecule has 2 bridgehead atoms. The first-order valence-electron chi connectivity index (χ1n) is 7.62. The van der Waals surface area contributed by atoms with Crippen molar-refractivity contribution in [3.63, 3.8) is 0 Å². The number of ether oxygens (including phenoxy) is 1. The summed E-state index contributed by atoms with van der Waals surface area (Å²) in [7, 11) is 1.39. The summed E-state index contributed by atoms with van der Waals surface area (Å²) >= 11 is 0. The van der Waals surface area contributed by atoms with Crippen molar-refractivity contribution in [3.8, 4) is 0 Å². The van der Waals surface area contributed by atoms with Crippen LogP contribution in [0.4, 0.5) is 9.59 Å². The number of esters is 1. The number of nitrogens with one attached hydrogen (secondary N) is 1. The zero-order valence-electron chi connectivity index (χ0n) is 12.9. The molecule has 4 fully saturated rings. The lowest BCUT2D eigenvalue weighted by atomic mass is 9.39. The normalized spacial score (nSPS) is 35.1. The third-order valence-corrected chi connectivity index (χ3v) is 5.36. The van der Waals surface area contributed by atoms with Crippen LogP contribution in [0.1, 0.15) is 19.3 Å². The molecule has 3 saturated carbocycles. The molecule has 1 aliphatic heterocycles. The van der Waals surface area contributed by atoms with Crippen molar-refractivity contribution in [2.45, 2.75) is 30.8 Å². The first kappa shape index (κ1) is 15.9. The maximum absolute atomic E-state index is 11.7. The minimum absolute atomic E-state index is 0.121. The Morgan fingerprint density at radius 2 is 1.83 bits per heavy atom. The lowest BCUT2D eigenvalue weighted by Gasteiger charge is -2.69. The van der Waals surface area contributed by atoms with E-state index in [1.807, 2.05) is 0 Å². The van der Waals surface area contributed by atoms with Gasteiger partial charge in [-0.2, -0.15) is 0 Å². The van der Waals surface area contributed by atoms with Gasteiger partial charge in [0.25, 0.3) is 0 Å². The average molecular weight is 327 g/mol. The molecule has 3 N–H and O–H groups in total. The van der Waals surface area contributed by atoms with E-state index in [2.05, 4.69) is 5.32 Å². The molecule has 0 aromatic heterocycles. The molecule has 9 heteroatoms. The van der Waals surface area contributed by atoms with E-state index in [-0.39, 0.29) is 36.6 Å². The van der Waals surface area contributed by atoms with Crippen molar-refractivity contribution < 1.29 is 29.3 Å². The Bertz CT molecular complexity index is 531. The summed E-state index contributed by atoms with van der Waals surface area (Å²) in [6.45, 7) is 0.905. The number of hydrogen-bond acceptors (Lipinski definition) is 5. The van der Waals surface area contributed by atoms with E-state index in [0.717, 1.165) is 0 Å². The number of hydrogen-bond donors (Lipinski definition) is 3. The molecule has 0 aromatic rings. The quantitative estimate of drug-likeness (QED) is 0.622. The van der Waals surface area contributed by atoms with Crippen LogP contribution in [0.2, 0.25) is 0 Å². The Kier molecular flexibility index (Phi) is 3.62. The second-order valence-electron chi connectivity index (χ2n) is 6.82. The molecule has 1 heterocycles. The van der Waals surface area contributed by atoms with Crippen LogP contribution in [0.5, 0.6) is 0 Å². The monoisotopic (exact) mass is 327 g/mol. The van der Waals surface area contributed by atoms with Crippen LogP contribution in [-0.4, -0.2) is 83.0 Å². The van der Waals surface area contributed by atoms with Gasteiger partial charge in [0, 0.05) is 31.7 Å². The first-order valence-corrected chi connectivity index (χ1v) is 7.62. The summed E-state index contributed by atoms with van der Waals surface area (Å²) in [6, 6.07) is -0.416. The van der Waals surface area contributed by atoms with Crippen molar-refractivity contribution in [2.24, 2.45) is 5.41 Å². The lowest BCUT2D eigenvalue weighted by Crippen LogP contribution is -2.77. The lowest BCUT2D eigenvalue weighted by molar-refractivity contribution is -0.202. The molecule has 9 nitrogen and oxygen atoms in total. The fourth-order valence-electron chi connectivity index (χ4n) is 4.20. The highest BCUT2D eigenvalue weighted by Crippen LogP contribution is 2.67. The highest BCUT2D eigenvalue weighted by atomic mass is 16.5. The van der Waals surface area contributed by atoms with Gasteiger partial charge in [-0.1, -0.05) is 0 Å². The minimum atomic E-state index is -1.04. The number of carbonyl (C=O) groups excluding carboxylic acids is 1. The van der Waals surface area contributed by atoms with E-state index in [4.69, 9.17) is 9.84 Å². The molecule has 0 spiro atoms. The average Bonchev–Trinajstić information content (AvgIpc) is 2.43. The van der Waals surface area contributed by atoms with Gasteiger partial charge in [-0.05, 0) is 19.3 Å². The largest absolute Gasteiger partial charge is 0.469 e. The maximum atomic E-state index is 11.7.